The molecule has 156 valence electrons. The van der Waals surface area contributed by atoms with Crippen LogP contribution in [0.3, 0.4) is 0 Å². The standard InChI is InChI=1S/C21H25NO7/c1-11(2)28-20(24)17-13(5)9-16(23)19(21(25)29-12(3)4)18(17)14-7-6-8-15(10-14)22(26)27/h6-12,17-19H,1-5H3. The molecular weight excluding hydrogens is 378 g/mol. The minimum Gasteiger partial charge on any atom is -0.462 e. The lowest BCUT2D eigenvalue weighted by molar-refractivity contribution is -0.384. The van der Waals surface area contributed by atoms with Crippen LogP contribution in [-0.2, 0) is 23.9 Å². The number of nitrogens with zero attached hydrogens (tertiary/aromatic N) is 1. The molecule has 0 spiro atoms. The molecule has 1 aromatic carbocycles. The molecular formula is C21H25NO7. The van der Waals surface area contributed by atoms with E-state index in [0.717, 1.165) is 0 Å². The fourth-order valence-electron chi connectivity index (χ4n) is 3.49. The van der Waals surface area contributed by atoms with Gasteiger partial charge in [0.25, 0.3) is 5.69 Å². The highest BCUT2D eigenvalue weighted by atomic mass is 16.6. The largest absolute Gasteiger partial charge is 0.462 e. The maximum absolute atomic E-state index is 12.9. The average molecular weight is 403 g/mol. The second-order valence-corrected chi connectivity index (χ2v) is 7.60. The number of nitro benzene ring substituents is 1. The van der Waals surface area contributed by atoms with Crippen LogP contribution >= 0.6 is 0 Å². The fourth-order valence-corrected chi connectivity index (χ4v) is 3.49. The molecule has 0 heterocycles. The van der Waals surface area contributed by atoms with Crippen LogP contribution in [0.15, 0.2) is 35.9 Å². The Labute approximate surface area is 169 Å². The number of rotatable bonds is 6. The number of carbonyl (C=O) groups is 3. The molecule has 0 aromatic heterocycles. The lowest BCUT2D eigenvalue weighted by Crippen LogP contribution is -2.42. The number of nitro groups is 1. The first-order valence-corrected chi connectivity index (χ1v) is 9.40. The van der Waals surface area contributed by atoms with Crippen molar-refractivity contribution in [1.82, 2.24) is 0 Å². The molecule has 1 aliphatic carbocycles. The number of esters is 2. The van der Waals surface area contributed by atoms with Gasteiger partial charge in [-0.05, 0) is 46.3 Å². The van der Waals surface area contributed by atoms with E-state index in [-0.39, 0.29) is 5.69 Å². The molecule has 0 saturated heterocycles. The molecule has 29 heavy (non-hydrogen) atoms. The summed E-state index contributed by atoms with van der Waals surface area (Å²) in [5.74, 6) is -5.08. The lowest BCUT2D eigenvalue weighted by atomic mass is 9.68. The van der Waals surface area contributed by atoms with E-state index in [9.17, 15) is 24.5 Å². The van der Waals surface area contributed by atoms with E-state index in [1.165, 1.54) is 24.3 Å². The van der Waals surface area contributed by atoms with E-state index in [1.807, 2.05) is 0 Å². The van der Waals surface area contributed by atoms with Gasteiger partial charge in [-0.15, -0.1) is 0 Å². The molecule has 8 nitrogen and oxygen atoms in total. The van der Waals surface area contributed by atoms with Crippen molar-refractivity contribution in [2.24, 2.45) is 11.8 Å². The molecule has 0 fully saturated rings. The number of hydrogen-bond acceptors (Lipinski definition) is 7. The van der Waals surface area contributed by atoms with E-state index < -0.39 is 52.6 Å². The highest BCUT2D eigenvalue weighted by molar-refractivity contribution is 6.08. The Kier molecular flexibility index (Phi) is 6.89. The van der Waals surface area contributed by atoms with Crippen LogP contribution in [-0.4, -0.2) is 34.9 Å². The summed E-state index contributed by atoms with van der Waals surface area (Å²) in [6.07, 6.45) is 0.390. The summed E-state index contributed by atoms with van der Waals surface area (Å²) in [5, 5.41) is 11.2. The molecule has 8 heteroatoms. The Morgan fingerprint density at radius 2 is 1.59 bits per heavy atom. The molecule has 0 amide bonds. The first-order chi connectivity index (χ1) is 13.5. The predicted octanol–water partition coefficient (Wildman–Crippen LogP) is 3.34. The molecule has 0 radical (unpaired) electrons. The summed E-state index contributed by atoms with van der Waals surface area (Å²) in [4.78, 5) is 49.0. The number of carbonyl (C=O) groups excluding carboxylic acids is 3. The molecule has 0 aliphatic heterocycles. The zero-order valence-corrected chi connectivity index (χ0v) is 17.1. The van der Waals surface area contributed by atoms with Crippen LogP contribution in [0.25, 0.3) is 0 Å². The van der Waals surface area contributed by atoms with Gasteiger partial charge in [-0.25, -0.2) is 0 Å². The van der Waals surface area contributed by atoms with E-state index in [0.29, 0.717) is 11.1 Å². The van der Waals surface area contributed by atoms with Crippen molar-refractivity contribution in [3.05, 3.63) is 51.6 Å². The van der Waals surface area contributed by atoms with Crippen LogP contribution in [0.1, 0.15) is 46.1 Å². The third-order valence-electron chi connectivity index (χ3n) is 4.56. The Balaban J connectivity index is 2.64. The first-order valence-electron chi connectivity index (χ1n) is 9.40. The summed E-state index contributed by atoms with van der Waals surface area (Å²) in [5.41, 5.74) is 0.566. The number of allylic oxidation sites excluding steroid dienone is 1. The molecule has 0 N–H and O–H groups in total. The van der Waals surface area contributed by atoms with Crippen LogP contribution in [0, 0.1) is 22.0 Å². The topological polar surface area (TPSA) is 113 Å². The van der Waals surface area contributed by atoms with E-state index >= 15 is 0 Å². The van der Waals surface area contributed by atoms with Crippen LogP contribution < -0.4 is 0 Å². The van der Waals surface area contributed by atoms with Crippen molar-refractivity contribution in [1.29, 1.82) is 0 Å². The maximum atomic E-state index is 12.9. The fraction of sp³-hybridized carbons (Fsp3) is 0.476. The van der Waals surface area contributed by atoms with Crippen molar-refractivity contribution in [2.45, 2.75) is 52.7 Å². The van der Waals surface area contributed by atoms with Gasteiger partial charge >= 0.3 is 11.9 Å². The SMILES string of the molecule is CC1=CC(=O)C(C(=O)OC(C)C)C(c2cccc([N+](=O)[O-])c2)C1C(=O)OC(C)C. The number of benzene rings is 1. The first kappa shape index (κ1) is 22.3. The number of non-ortho nitro benzene ring substituents is 1. The average Bonchev–Trinajstić information content (AvgIpc) is 2.59. The van der Waals surface area contributed by atoms with Crippen molar-refractivity contribution in [2.75, 3.05) is 0 Å². The van der Waals surface area contributed by atoms with Crippen LogP contribution in [0.4, 0.5) is 5.69 Å². The summed E-state index contributed by atoms with van der Waals surface area (Å²) in [6.45, 7) is 8.30. The van der Waals surface area contributed by atoms with E-state index in [2.05, 4.69) is 0 Å². The molecule has 0 bridgehead atoms. The van der Waals surface area contributed by atoms with Gasteiger partial charge in [0.1, 0.15) is 5.92 Å². The third-order valence-corrected chi connectivity index (χ3v) is 4.56. The Hall–Kier alpha value is -3.03. The normalized spacial score (nSPS) is 21.7. The quantitative estimate of drug-likeness (QED) is 0.310. The van der Waals surface area contributed by atoms with Gasteiger partial charge in [-0.3, -0.25) is 24.5 Å². The Morgan fingerprint density at radius 3 is 2.10 bits per heavy atom. The zero-order valence-electron chi connectivity index (χ0n) is 17.1. The highest BCUT2D eigenvalue weighted by Gasteiger charge is 2.48. The van der Waals surface area contributed by atoms with Crippen molar-refractivity contribution in [3.63, 3.8) is 0 Å². The molecule has 2 rings (SSSR count). The van der Waals surface area contributed by atoms with Crippen LogP contribution in [0.5, 0.6) is 0 Å². The second kappa shape index (κ2) is 8.98. The number of hydrogen-bond donors (Lipinski definition) is 0. The van der Waals surface area contributed by atoms with Crippen molar-refractivity contribution in [3.8, 4) is 0 Å². The monoisotopic (exact) mass is 403 g/mol. The predicted molar refractivity (Wildman–Crippen MR) is 104 cm³/mol. The Morgan fingerprint density at radius 1 is 1.03 bits per heavy atom. The van der Waals surface area contributed by atoms with Gasteiger partial charge in [0, 0.05) is 18.1 Å². The van der Waals surface area contributed by atoms with Gasteiger partial charge < -0.3 is 9.47 Å². The summed E-state index contributed by atoms with van der Waals surface area (Å²) in [6, 6.07) is 5.61. The lowest BCUT2D eigenvalue weighted by Gasteiger charge is -2.35. The number of ketones is 1. The zero-order chi connectivity index (χ0) is 21.9. The van der Waals surface area contributed by atoms with Gasteiger partial charge in [-0.1, -0.05) is 17.7 Å². The summed E-state index contributed by atoms with van der Waals surface area (Å²) < 4.78 is 10.6. The summed E-state index contributed by atoms with van der Waals surface area (Å²) >= 11 is 0. The molecule has 3 unspecified atom stereocenters. The highest BCUT2D eigenvalue weighted by Crippen LogP contribution is 2.43. The molecule has 1 aliphatic rings. The minimum absolute atomic E-state index is 0.200. The maximum Gasteiger partial charge on any atom is 0.317 e. The van der Waals surface area contributed by atoms with Gasteiger partial charge in [0.05, 0.1) is 23.0 Å². The Bertz CT molecular complexity index is 856. The third kappa shape index (κ3) is 5.07. The smallest absolute Gasteiger partial charge is 0.317 e. The van der Waals surface area contributed by atoms with E-state index in [1.54, 1.807) is 40.7 Å². The molecule has 1 aromatic rings. The van der Waals surface area contributed by atoms with Crippen LogP contribution in [0.2, 0.25) is 0 Å². The van der Waals surface area contributed by atoms with Gasteiger partial charge in [0.2, 0.25) is 0 Å². The molecule has 3 atom stereocenters. The summed E-state index contributed by atoms with van der Waals surface area (Å²) in [7, 11) is 0. The minimum atomic E-state index is -1.30. The van der Waals surface area contributed by atoms with Crippen molar-refractivity contribution < 1.29 is 28.8 Å². The van der Waals surface area contributed by atoms with Gasteiger partial charge in [-0.2, -0.15) is 0 Å². The number of ether oxygens (including phenoxy) is 2. The van der Waals surface area contributed by atoms with Gasteiger partial charge in [0.15, 0.2) is 5.78 Å². The molecule has 0 saturated carbocycles. The second-order valence-electron chi connectivity index (χ2n) is 7.60. The van der Waals surface area contributed by atoms with Crippen molar-refractivity contribution >= 4 is 23.4 Å². The van der Waals surface area contributed by atoms with E-state index in [4.69, 9.17) is 9.47 Å².